The van der Waals surface area contributed by atoms with Gasteiger partial charge in [-0.05, 0) is 76.3 Å². The van der Waals surface area contributed by atoms with Gasteiger partial charge in [-0.3, -0.25) is 24.3 Å². The fourth-order valence-electron chi connectivity index (χ4n) is 4.40. The Hall–Kier alpha value is -5.56. The molecule has 6 rings (SSSR count). The summed E-state index contributed by atoms with van der Waals surface area (Å²) in [7, 11) is 0. The second-order valence-corrected chi connectivity index (χ2v) is 9.18. The van der Waals surface area contributed by atoms with Crippen molar-refractivity contribution in [1.82, 2.24) is 29.5 Å². The highest BCUT2D eigenvalue weighted by molar-refractivity contribution is 5.75. The van der Waals surface area contributed by atoms with Crippen LogP contribution in [-0.4, -0.2) is 29.5 Å². The van der Waals surface area contributed by atoms with Crippen molar-refractivity contribution in [2.24, 2.45) is 0 Å². The lowest BCUT2D eigenvalue weighted by atomic mass is 10.1. The highest BCUT2D eigenvalue weighted by atomic mass is 16.1. The Morgan fingerprint density at radius 2 is 1.43 bits per heavy atom. The normalized spacial score (nSPS) is 11.5. The van der Waals surface area contributed by atoms with Gasteiger partial charge in [0.15, 0.2) is 5.65 Å². The first-order chi connectivity index (χ1) is 19.7. The minimum absolute atomic E-state index is 0.200. The Bertz CT molecular complexity index is 1900. The molecule has 40 heavy (non-hydrogen) atoms. The van der Waals surface area contributed by atoms with Crippen LogP contribution >= 0.6 is 0 Å². The van der Waals surface area contributed by atoms with Crippen molar-refractivity contribution in [2.45, 2.75) is 6.42 Å². The lowest BCUT2D eigenvalue weighted by molar-refractivity contribution is 0.924. The second-order valence-electron chi connectivity index (χ2n) is 9.18. The molecular formula is C33H24N6O. The van der Waals surface area contributed by atoms with Gasteiger partial charge in [-0.1, -0.05) is 42.5 Å². The van der Waals surface area contributed by atoms with Gasteiger partial charge in [-0.15, -0.1) is 0 Å². The van der Waals surface area contributed by atoms with Gasteiger partial charge in [-0.2, -0.15) is 0 Å². The molecule has 0 amide bonds. The van der Waals surface area contributed by atoms with Gasteiger partial charge in [0, 0.05) is 49.8 Å². The highest BCUT2D eigenvalue weighted by Crippen LogP contribution is 2.18. The summed E-state index contributed by atoms with van der Waals surface area (Å²) in [6, 6.07) is 21.3. The second kappa shape index (κ2) is 11.4. The Kier molecular flexibility index (Phi) is 7.09. The monoisotopic (exact) mass is 520 g/mol. The molecule has 5 heterocycles. The average Bonchev–Trinajstić information content (AvgIpc) is 3.01. The topological polar surface area (TPSA) is 86.5 Å². The van der Waals surface area contributed by atoms with E-state index in [0.29, 0.717) is 23.3 Å². The molecule has 0 fully saturated rings. The molecule has 0 bridgehead atoms. The molecular weight excluding hydrogens is 496 g/mol. The fourth-order valence-corrected chi connectivity index (χ4v) is 4.40. The predicted molar refractivity (Wildman–Crippen MR) is 159 cm³/mol. The molecule has 1 aromatic carbocycles. The van der Waals surface area contributed by atoms with Crippen LogP contribution < -0.4 is 5.56 Å². The molecule has 0 N–H and O–H groups in total. The maximum Gasteiger partial charge on any atom is 0.278 e. The Labute approximate surface area is 230 Å². The molecule has 0 aliphatic rings. The summed E-state index contributed by atoms with van der Waals surface area (Å²) in [5.41, 5.74) is 7.03. The van der Waals surface area contributed by atoms with E-state index in [4.69, 9.17) is 0 Å². The quantitative estimate of drug-likeness (QED) is 0.261. The van der Waals surface area contributed by atoms with E-state index in [1.165, 1.54) is 0 Å². The van der Waals surface area contributed by atoms with Gasteiger partial charge in [0.05, 0.1) is 5.69 Å². The van der Waals surface area contributed by atoms with Crippen molar-refractivity contribution >= 4 is 35.5 Å². The predicted octanol–water partition coefficient (Wildman–Crippen LogP) is 5.90. The van der Waals surface area contributed by atoms with Crippen molar-refractivity contribution < 1.29 is 0 Å². The maximum atomic E-state index is 13.7. The first kappa shape index (κ1) is 24.8. The largest absolute Gasteiger partial charge is 0.278 e. The number of rotatable bonds is 7. The molecule has 0 aliphatic carbocycles. The van der Waals surface area contributed by atoms with Crippen molar-refractivity contribution in [1.29, 1.82) is 0 Å². The third-order valence-electron chi connectivity index (χ3n) is 6.33. The first-order valence-electron chi connectivity index (χ1n) is 12.8. The Morgan fingerprint density at radius 1 is 0.650 bits per heavy atom. The summed E-state index contributed by atoms with van der Waals surface area (Å²) in [6.07, 6.45) is 20.8. The van der Waals surface area contributed by atoms with Crippen LogP contribution in [0, 0.1) is 0 Å². The summed E-state index contributed by atoms with van der Waals surface area (Å²) < 4.78 is 1.64. The van der Waals surface area contributed by atoms with E-state index in [-0.39, 0.29) is 5.56 Å². The van der Waals surface area contributed by atoms with Crippen molar-refractivity contribution in [3.8, 4) is 5.69 Å². The molecule has 0 aliphatic heterocycles. The van der Waals surface area contributed by atoms with Gasteiger partial charge in [-0.25, -0.2) is 9.97 Å². The highest BCUT2D eigenvalue weighted by Gasteiger charge is 2.14. The molecule has 7 nitrogen and oxygen atoms in total. The molecule has 0 radical (unpaired) electrons. The SMILES string of the molecule is O=c1c(Cc2cccnc2)nc2cccnc2n1-c1cccc(C=Cc2cncc(/C=C/c3ccncc3)c2)c1. The van der Waals surface area contributed by atoms with E-state index >= 15 is 0 Å². The number of fused-ring (bicyclic) bond motifs is 1. The van der Waals surface area contributed by atoms with Crippen LogP contribution in [0.5, 0.6) is 0 Å². The molecule has 7 heteroatoms. The molecule has 6 aromatic rings. The summed E-state index contributed by atoms with van der Waals surface area (Å²) in [6.45, 7) is 0. The number of nitrogens with zero attached hydrogens (tertiary/aromatic N) is 6. The third-order valence-corrected chi connectivity index (χ3v) is 6.33. The van der Waals surface area contributed by atoms with Crippen LogP contribution in [0.2, 0.25) is 0 Å². The van der Waals surface area contributed by atoms with Crippen molar-refractivity contribution in [3.05, 3.63) is 154 Å². The number of benzene rings is 1. The fraction of sp³-hybridized carbons (Fsp3) is 0.0303. The standard InChI is InChI=1S/C33H24N6O/c40-33-31(20-26-5-2-14-35-21-26)38-30-7-3-15-37-32(30)39(33)29-6-1-4-25(19-29)9-11-28-18-27(22-36-23-28)10-8-24-12-16-34-17-13-24/h1-19,21-23H,20H2/b10-8+,11-9?. The molecule has 0 saturated carbocycles. The summed E-state index contributed by atoms with van der Waals surface area (Å²) in [5.74, 6) is 0. The number of pyridine rings is 4. The number of hydrogen-bond donors (Lipinski definition) is 0. The minimum Gasteiger partial charge on any atom is -0.267 e. The summed E-state index contributed by atoms with van der Waals surface area (Å²) in [4.78, 5) is 35.4. The van der Waals surface area contributed by atoms with Gasteiger partial charge in [0.2, 0.25) is 0 Å². The molecule has 0 atom stereocenters. The van der Waals surface area contributed by atoms with Gasteiger partial charge < -0.3 is 0 Å². The van der Waals surface area contributed by atoms with Crippen LogP contribution in [-0.2, 0) is 6.42 Å². The molecule has 0 spiro atoms. The summed E-state index contributed by atoms with van der Waals surface area (Å²) >= 11 is 0. The van der Waals surface area contributed by atoms with E-state index in [0.717, 1.165) is 33.5 Å². The van der Waals surface area contributed by atoms with Crippen LogP contribution in [0.1, 0.15) is 33.5 Å². The van der Waals surface area contributed by atoms with E-state index in [9.17, 15) is 4.79 Å². The smallest absolute Gasteiger partial charge is 0.267 e. The maximum absolute atomic E-state index is 13.7. The zero-order valence-corrected chi connectivity index (χ0v) is 21.5. The zero-order chi connectivity index (χ0) is 27.1. The van der Waals surface area contributed by atoms with E-state index in [1.54, 1.807) is 35.6 Å². The minimum atomic E-state index is -0.200. The Balaban J connectivity index is 1.32. The molecule has 0 saturated heterocycles. The molecule has 192 valence electrons. The van der Waals surface area contributed by atoms with Crippen LogP contribution in [0.15, 0.2) is 115 Å². The number of aromatic nitrogens is 6. The first-order valence-corrected chi connectivity index (χ1v) is 12.8. The van der Waals surface area contributed by atoms with E-state index in [1.807, 2.05) is 97.4 Å². The van der Waals surface area contributed by atoms with Crippen molar-refractivity contribution in [3.63, 3.8) is 0 Å². The van der Waals surface area contributed by atoms with Crippen LogP contribution in [0.3, 0.4) is 0 Å². The van der Waals surface area contributed by atoms with E-state index in [2.05, 4.69) is 31.0 Å². The summed E-state index contributed by atoms with van der Waals surface area (Å²) in [5, 5.41) is 0. The van der Waals surface area contributed by atoms with E-state index < -0.39 is 0 Å². The Morgan fingerprint density at radius 3 is 2.23 bits per heavy atom. The van der Waals surface area contributed by atoms with Crippen molar-refractivity contribution in [2.75, 3.05) is 0 Å². The molecule has 5 aromatic heterocycles. The number of hydrogen-bond acceptors (Lipinski definition) is 6. The van der Waals surface area contributed by atoms with Crippen LogP contribution in [0.4, 0.5) is 0 Å². The third kappa shape index (κ3) is 5.63. The van der Waals surface area contributed by atoms with Gasteiger partial charge >= 0.3 is 0 Å². The molecule has 0 unspecified atom stereocenters. The van der Waals surface area contributed by atoms with Gasteiger partial charge in [0.1, 0.15) is 11.2 Å². The average molecular weight is 521 g/mol. The van der Waals surface area contributed by atoms with Crippen LogP contribution in [0.25, 0.3) is 41.2 Å². The lowest BCUT2D eigenvalue weighted by Crippen LogP contribution is -2.25. The van der Waals surface area contributed by atoms with Gasteiger partial charge in [0.25, 0.3) is 5.56 Å². The lowest BCUT2D eigenvalue weighted by Gasteiger charge is -2.12. The zero-order valence-electron chi connectivity index (χ0n) is 21.5.